The predicted octanol–water partition coefficient (Wildman–Crippen LogP) is 2.92. The van der Waals surface area contributed by atoms with E-state index in [0.29, 0.717) is 24.7 Å². The van der Waals surface area contributed by atoms with Crippen molar-refractivity contribution in [1.29, 1.82) is 0 Å². The highest BCUT2D eigenvalue weighted by molar-refractivity contribution is 5.91. The highest BCUT2D eigenvalue weighted by Gasteiger charge is 2.08. The van der Waals surface area contributed by atoms with Gasteiger partial charge < -0.3 is 15.1 Å². The molecule has 0 saturated heterocycles. The van der Waals surface area contributed by atoms with Gasteiger partial charge in [-0.3, -0.25) is 4.79 Å². The Morgan fingerprint density at radius 2 is 2.04 bits per heavy atom. The third-order valence-corrected chi connectivity index (χ3v) is 3.44. The van der Waals surface area contributed by atoms with Crippen LogP contribution in [0.15, 0.2) is 59.5 Å². The number of carbonyl (C=O) groups excluding carboxylic acids is 1. The molecule has 6 nitrogen and oxygen atoms in total. The molecule has 1 amide bonds. The Morgan fingerprint density at radius 1 is 1.12 bits per heavy atom. The second-order valence-corrected chi connectivity index (χ2v) is 5.39. The summed E-state index contributed by atoms with van der Waals surface area (Å²) in [6.07, 6.45) is 4.57. The number of hydrogen-bond donors (Lipinski definition) is 2. The lowest BCUT2D eigenvalue weighted by molar-refractivity contribution is 0.0942. The van der Waals surface area contributed by atoms with Crippen molar-refractivity contribution in [2.24, 2.45) is 0 Å². The Morgan fingerprint density at radius 3 is 2.75 bits per heavy atom. The number of anilines is 1. The average molecular weight is 322 g/mol. The number of nitrogens with zero attached hydrogens (tertiary/aromatic N) is 2. The standard InChI is InChI=1S/C18H18N4O2/c1-13-4-2-5-14(8-13)9-20-17-12-19-16(11-21-17)18(23)22-10-15-6-3-7-24-15/h2-8,11-12H,9-10H2,1H3,(H,20,21)(H,22,23). The second-order valence-electron chi connectivity index (χ2n) is 5.39. The van der Waals surface area contributed by atoms with E-state index in [2.05, 4.69) is 39.7 Å². The lowest BCUT2D eigenvalue weighted by Gasteiger charge is -2.07. The van der Waals surface area contributed by atoms with E-state index >= 15 is 0 Å². The molecule has 0 unspecified atom stereocenters. The molecule has 0 aliphatic rings. The zero-order valence-electron chi connectivity index (χ0n) is 13.3. The van der Waals surface area contributed by atoms with Gasteiger partial charge in [0.2, 0.25) is 0 Å². The van der Waals surface area contributed by atoms with Crippen LogP contribution in [0.2, 0.25) is 0 Å². The van der Waals surface area contributed by atoms with Gasteiger partial charge in [-0.1, -0.05) is 29.8 Å². The Hall–Kier alpha value is -3.15. The van der Waals surface area contributed by atoms with Crippen molar-refractivity contribution in [3.8, 4) is 0 Å². The van der Waals surface area contributed by atoms with E-state index in [1.807, 2.05) is 12.1 Å². The van der Waals surface area contributed by atoms with Crippen molar-refractivity contribution in [1.82, 2.24) is 15.3 Å². The van der Waals surface area contributed by atoms with E-state index in [-0.39, 0.29) is 11.6 Å². The largest absolute Gasteiger partial charge is 0.467 e. The summed E-state index contributed by atoms with van der Waals surface area (Å²) in [7, 11) is 0. The van der Waals surface area contributed by atoms with Gasteiger partial charge in [-0.25, -0.2) is 9.97 Å². The van der Waals surface area contributed by atoms with Crippen LogP contribution in [0.1, 0.15) is 27.4 Å². The van der Waals surface area contributed by atoms with E-state index in [1.54, 1.807) is 24.6 Å². The molecule has 3 aromatic rings. The van der Waals surface area contributed by atoms with E-state index in [1.165, 1.54) is 11.8 Å². The van der Waals surface area contributed by atoms with Crippen LogP contribution >= 0.6 is 0 Å². The zero-order chi connectivity index (χ0) is 16.8. The molecule has 2 aromatic heterocycles. The molecular weight excluding hydrogens is 304 g/mol. The van der Waals surface area contributed by atoms with Crippen molar-refractivity contribution in [3.63, 3.8) is 0 Å². The summed E-state index contributed by atoms with van der Waals surface area (Å²) in [6.45, 7) is 3.03. The number of furan rings is 1. The number of rotatable bonds is 6. The summed E-state index contributed by atoms with van der Waals surface area (Å²) in [5.74, 6) is 1.02. The van der Waals surface area contributed by atoms with Gasteiger partial charge in [-0.2, -0.15) is 0 Å². The molecule has 0 saturated carbocycles. The Kier molecular flexibility index (Phi) is 4.86. The maximum Gasteiger partial charge on any atom is 0.271 e. The summed E-state index contributed by atoms with van der Waals surface area (Å²) < 4.78 is 5.16. The van der Waals surface area contributed by atoms with Crippen molar-refractivity contribution in [2.45, 2.75) is 20.0 Å². The van der Waals surface area contributed by atoms with Crippen LogP contribution in [0.25, 0.3) is 0 Å². The summed E-state index contributed by atoms with van der Waals surface area (Å²) >= 11 is 0. The average Bonchev–Trinajstić information content (AvgIpc) is 3.12. The van der Waals surface area contributed by atoms with Crippen LogP contribution in [0.3, 0.4) is 0 Å². The molecule has 0 bridgehead atoms. The lowest BCUT2D eigenvalue weighted by atomic mass is 10.1. The second kappa shape index (κ2) is 7.41. The number of aromatic nitrogens is 2. The van der Waals surface area contributed by atoms with Gasteiger partial charge in [-0.05, 0) is 24.6 Å². The molecule has 0 aliphatic carbocycles. The van der Waals surface area contributed by atoms with E-state index in [9.17, 15) is 4.79 Å². The molecule has 1 aromatic carbocycles. The van der Waals surface area contributed by atoms with Crippen LogP contribution in [-0.2, 0) is 13.1 Å². The number of amides is 1. The van der Waals surface area contributed by atoms with Gasteiger partial charge in [0.15, 0.2) is 0 Å². The van der Waals surface area contributed by atoms with Crippen LogP contribution < -0.4 is 10.6 Å². The van der Waals surface area contributed by atoms with Gasteiger partial charge in [0.05, 0.1) is 25.2 Å². The van der Waals surface area contributed by atoms with Crippen molar-refractivity contribution >= 4 is 11.7 Å². The molecule has 122 valence electrons. The first-order valence-corrected chi connectivity index (χ1v) is 7.63. The summed E-state index contributed by atoms with van der Waals surface area (Å²) in [6, 6.07) is 11.8. The molecular formula is C18H18N4O2. The van der Waals surface area contributed by atoms with Crippen LogP contribution in [-0.4, -0.2) is 15.9 Å². The van der Waals surface area contributed by atoms with Crippen molar-refractivity contribution in [2.75, 3.05) is 5.32 Å². The topological polar surface area (TPSA) is 80.0 Å². The molecule has 0 radical (unpaired) electrons. The smallest absolute Gasteiger partial charge is 0.271 e. The highest BCUT2D eigenvalue weighted by Crippen LogP contribution is 2.08. The molecule has 0 aliphatic heterocycles. The van der Waals surface area contributed by atoms with Crippen molar-refractivity contribution in [3.05, 3.63) is 77.6 Å². The maximum atomic E-state index is 12.0. The fraction of sp³-hybridized carbons (Fsp3) is 0.167. The maximum absolute atomic E-state index is 12.0. The SMILES string of the molecule is Cc1cccc(CNc2cnc(C(=O)NCc3ccco3)cn2)c1. The monoisotopic (exact) mass is 322 g/mol. The van der Waals surface area contributed by atoms with Gasteiger partial charge in [0.1, 0.15) is 17.3 Å². The molecule has 0 spiro atoms. The predicted molar refractivity (Wildman–Crippen MR) is 90.4 cm³/mol. The Balaban J connectivity index is 1.53. The minimum atomic E-state index is -0.288. The normalized spacial score (nSPS) is 10.4. The zero-order valence-corrected chi connectivity index (χ0v) is 13.3. The number of nitrogens with one attached hydrogen (secondary N) is 2. The highest BCUT2D eigenvalue weighted by atomic mass is 16.3. The lowest BCUT2D eigenvalue weighted by Crippen LogP contribution is -2.23. The third kappa shape index (κ3) is 4.19. The molecule has 24 heavy (non-hydrogen) atoms. The number of carbonyl (C=O) groups is 1. The first-order chi connectivity index (χ1) is 11.7. The summed E-state index contributed by atoms with van der Waals surface area (Å²) in [5, 5.41) is 5.92. The van der Waals surface area contributed by atoms with Gasteiger partial charge in [0.25, 0.3) is 5.91 Å². The quantitative estimate of drug-likeness (QED) is 0.729. The fourth-order valence-electron chi connectivity index (χ4n) is 2.22. The van der Waals surface area contributed by atoms with Crippen LogP contribution in [0.5, 0.6) is 0 Å². The minimum absolute atomic E-state index is 0.266. The first-order valence-electron chi connectivity index (χ1n) is 7.63. The molecule has 2 N–H and O–H groups in total. The number of hydrogen-bond acceptors (Lipinski definition) is 5. The van der Waals surface area contributed by atoms with Crippen LogP contribution in [0.4, 0.5) is 5.82 Å². The first kappa shape index (κ1) is 15.7. The van der Waals surface area contributed by atoms with E-state index in [4.69, 9.17) is 4.42 Å². The molecule has 0 atom stereocenters. The third-order valence-electron chi connectivity index (χ3n) is 3.44. The van der Waals surface area contributed by atoms with Gasteiger partial charge in [-0.15, -0.1) is 0 Å². The Labute approximate surface area is 140 Å². The number of aryl methyl sites for hydroxylation is 1. The van der Waals surface area contributed by atoms with Crippen LogP contribution in [0, 0.1) is 6.92 Å². The summed E-state index contributed by atoms with van der Waals surface area (Å²) in [4.78, 5) is 20.4. The van der Waals surface area contributed by atoms with E-state index in [0.717, 1.165) is 5.56 Å². The van der Waals surface area contributed by atoms with Gasteiger partial charge in [0, 0.05) is 6.54 Å². The molecule has 0 fully saturated rings. The molecule has 6 heteroatoms. The Bertz CT molecular complexity index is 798. The van der Waals surface area contributed by atoms with Gasteiger partial charge >= 0.3 is 0 Å². The van der Waals surface area contributed by atoms with E-state index < -0.39 is 0 Å². The minimum Gasteiger partial charge on any atom is -0.467 e. The summed E-state index contributed by atoms with van der Waals surface area (Å²) in [5.41, 5.74) is 2.64. The van der Waals surface area contributed by atoms with Crippen molar-refractivity contribution < 1.29 is 9.21 Å². The number of benzene rings is 1. The molecule has 3 rings (SSSR count). The molecule has 2 heterocycles. The fourth-order valence-corrected chi connectivity index (χ4v) is 2.22.